The quantitative estimate of drug-likeness (QED) is 0.530. The highest BCUT2D eigenvalue weighted by Gasteiger charge is 2.31. The topological polar surface area (TPSA) is 103 Å². The Hall–Kier alpha value is -3.85. The Morgan fingerprint density at radius 2 is 1.92 bits per heavy atom. The van der Waals surface area contributed by atoms with E-state index >= 15 is 0 Å². The van der Waals surface area contributed by atoms with Gasteiger partial charge in [-0.2, -0.15) is 10.1 Å². The molecule has 0 spiro atoms. The zero-order valence-electron chi connectivity index (χ0n) is 20.2. The minimum Gasteiger partial charge on any atom is -0.497 e. The molecule has 3 heterocycles. The molecule has 36 heavy (non-hydrogen) atoms. The number of carbonyl (C=O) groups excluding carboxylic acids is 2. The van der Waals surface area contributed by atoms with Crippen LogP contribution in [0.5, 0.6) is 5.75 Å². The number of methoxy groups -OCH3 is 1. The Morgan fingerprint density at radius 1 is 1.17 bits per heavy atom. The van der Waals surface area contributed by atoms with Crippen LogP contribution in [0.15, 0.2) is 64.6 Å². The number of nitrogens with two attached hydrogens (primary N) is 1. The molecule has 5 rings (SSSR count). The molecule has 8 nitrogen and oxygen atoms in total. The average molecular weight is 502 g/mol. The van der Waals surface area contributed by atoms with Gasteiger partial charge in [0.15, 0.2) is 5.17 Å². The van der Waals surface area contributed by atoms with Gasteiger partial charge in [0.25, 0.3) is 5.91 Å². The van der Waals surface area contributed by atoms with E-state index in [4.69, 9.17) is 15.6 Å². The number of rotatable bonds is 5. The van der Waals surface area contributed by atoms with E-state index in [2.05, 4.69) is 9.89 Å². The molecule has 1 fully saturated rings. The minimum atomic E-state index is -0.267. The number of para-hydroxylation sites is 1. The summed E-state index contributed by atoms with van der Waals surface area (Å²) in [4.78, 5) is 31.3. The van der Waals surface area contributed by atoms with Gasteiger partial charge in [0.05, 0.1) is 17.7 Å². The van der Waals surface area contributed by atoms with Crippen molar-refractivity contribution in [3.8, 4) is 22.7 Å². The van der Waals surface area contributed by atoms with Gasteiger partial charge < -0.3 is 15.4 Å². The summed E-state index contributed by atoms with van der Waals surface area (Å²) in [6.45, 7) is 3.33. The molecule has 2 amide bonds. The second-order valence-corrected chi connectivity index (χ2v) is 9.88. The number of benzene rings is 2. The third-order valence-corrected chi connectivity index (χ3v) is 7.56. The molecule has 2 aliphatic rings. The van der Waals surface area contributed by atoms with E-state index in [1.807, 2.05) is 72.4 Å². The predicted octanol–water partition coefficient (Wildman–Crippen LogP) is 4.02. The highest BCUT2D eigenvalue weighted by Crippen LogP contribution is 2.35. The number of amidine groups is 1. The Balaban J connectivity index is 1.47. The molecular weight excluding hydrogens is 474 g/mol. The van der Waals surface area contributed by atoms with Crippen molar-refractivity contribution in [3.63, 3.8) is 0 Å². The summed E-state index contributed by atoms with van der Waals surface area (Å²) in [5, 5.41) is 5.56. The molecular formula is C27H27N5O3S. The number of hydrogen-bond donors (Lipinski definition) is 1. The maximum atomic E-state index is 12.9. The van der Waals surface area contributed by atoms with Crippen LogP contribution in [-0.4, -0.2) is 51.9 Å². The van der Waals surface area contributed by atoms with E-state index in [0.717, 1.165) is 33.8 Å². The average Bonchev–Trinajstić information content (AvgIpc) is 3.48. The van der Waals surface area contributed by atoms with Gasteiger partial charge in [-0.05, 0) is 73.5 Å². The first-order chi connectivity index (χ1) is 17.4. The molecule has 0 unspecified atom stereocenters. The molecule has 0 radical (unpaired) electrons. The molecule has 9 heteroatoms. The zero-order chi connectivity index (χ0) is 25.2. The fourth-order valence-electron chi connectivity index (χ4n) is 4.47. The van der Waals surface area contributed by atoms with Gasteiger partial charge >= 0.3 is 0 Å². The number of aryl methyl sites for hydroxylation is 1. The first-order valence-electron chi connectivity index (χ1n) is 11.8. The minimum absolute atomic E-state index is 0.113. The smallest absolute Gasteiger partial charge is 0.286 e. The second kappa shape index (κ2) is 10.0. The number of aliphatic imine (C=N–C) groups is 1. The monoisotopic (exact) mass is 501 g/mol. The fraction of sp³-hybridized carbons (Fsp3) is 0.259. The van der Waals surface area contributed by atoms with Crippen molar-refractivity contribution in [2.24, 2.45) is 16.6 Å². The van der Waals surface area contributed by atoms with Gasteiger partial charge in [-0.3, -0.25) is 9.59 Å². The highest BCUT2D eigenvalue weighted by atomic mass is 32.2. The van der Waals surface area contributed by atoms with Gasteiger partial charge in [0.1, 0.15) is 11.4 Å². The number of thioether (sulfide) groups is 1. The van der Waals surface area contributed by atoms with Crippen molar-refractivity contribution >= 4 is 34.8 Å². The summed E-state index contributed by atoms with van der Waals surface area (Å²) in [5.74, 6) is 0.136. The lowest BCUT2D eigenvalue weighted by atomic mass is 9.97. The number of piperidine rings is 1. The predicted molar refractivity (Wildman–Crippen MR) is 142 cm³/mol. The van der Waals surface area contributed by atoms with Crippen LogP contribution in [-0.2, 0) is 9.59 Å². The molecule has 0 atom stereocenters. The third-order valence-electron chi connectivity index (χ3n) is 6.52. The zero-order valence-corrected chi connectivity index (χ0v) is 21.0. The lowest BCUT2D eigenvalue weighted by molar-refractivity contribution is -0.123. The molecule has 3 aromatic rings. The summed E-state index contributed by atoms with van der Waals surface area (Å²) in [6, 6.07) is 15.7. The van der Waals surface area contributed by atoms with E-state index in [0.29, 0.717) is 36.0 Å². The first-order valence-corrected chi connectivity index (χ1v) is 12.6. The standard InChI is InChI=1S/C27H27N5O3S/c1-17-14-21(35-2)8-9-22(17)24-19(16-32(30-24)20-6-4-3-5-7-20)15-23-26(34)29-27(36-23)31-12-10-18(11-13-31)25(28)33/h3-9,14-16,18H,10-13H2,1-2H3,(H2,28,33)/b23-15-. The number of likely N-dealkylation sites (tertiary alicyclic amines) is 1. The van der Waals surface area contributed by atoms with Crippen LogP contribution in [0, 0.1) is 12.8 Å². The maximum absolute atomic E-state index is 12.9. The molecule has 184 valence electrons. The Labute approximate surface area is 213 Å². The number of nitrogens with zero attached hydrogens (tertiary/aromatic N) is 4. The van der Waals surface area contributed by atoms with Gasteiger partial charge in [0, 0.05) is 36.3 Å². The van der Waals surface area contributed by atoms with Crippen molar-refractivity contribution in [2.75, 3.05) is 20.2 Å². The second-order valence-electron chi connectivity index (χ2n) is 8.87. The summed E-state index contributed by atoms with van der Waals surface area (Å²) >= 11 is 1.36. The van der Waals surface area contributed by atoms with Crippen molar-refractivity contribution in [1.82, 2.24) is 14.7 Å². The molecule has 2 N–H and O–H groups in total. The van der Waals surface area contributed by atoms with Crippen LogP contribution in [0.1, 0.15) is 24.0 Å². The number of carbonyl (C=O) groups is 2. The van der Waals surface area contributed by atoms with E-state index in [1.165, 1.54) is 11.8 Å². The summed E-state index contributed by atoms with van der Waals surface area (Å²) in [5.41, 5.74) is 9.96. The summed E-state index contributed by atoms with van der Waals surface area (Å²) < 4.78 is 7.20. The van der Waals surface area contributed by atoms with Crippen LogP contribution in [0.4, 0.5) is 0 Å². The van der Waals surface area contributed by atoms with E-state index in [1.54, 1.807) is 7.11 Å². The lowest BCUT2D eigenvalue weighted by Crippen LogP contribution is -2.40. The van der Waals surface area contributed by atoms with Crippen LogP contribution < -0.4 is 10.5 Å². The van der Waals surface area contributed by atoms with Gasteiger partial charge in [0.2, 0.25) is 5.91 Å². The fourth-order valence-corrected chi connectivity index (χ4v) is 5.43. The normalized spacial score (nSPS) is 17.5. The van der Waals surface area contributed by atoms with Gasteiger partial charge in [-0.15, -0.1) is 0 Å². The summed E-state index contributed by atoms with van der Waals surface area (Å²) in [7, 11) is 1.64. The van der Waals surface area contributed by atoms with E-state index < -0.39 is 0 Å². The Kier molecular flexibility index (Phi) is 6.65. The maximum Gasteiger partial charge on any atom is 0.286 e. The van der Waals surface area contributed by atoms with Crippen molar-refractivity contribution in [2.45, 2.75) is 19.8 Å². The van der Waals surface area contributed by atoms with Crippen LogP contribution in [0.3, 0.4) is 0 Å². The van der Waals surface area contributed by atoms with E-state index in [9.17, 15) is 9.59 Å². The molecule has 2 aromatic carbocycles. The third kappa shape index (κ3) is 4.79. The van der Waals surface area contributed by atoms with Crippen molar-refractivity contribution < 1.29 is 14.3 Å². The number of hydrogen-bond acceptors (Lipinski definition) is 6. The Bertz CT molecular complexity index is 1370. The number of ether oxygens (including phenoxy) is 1. The van der Waals surface area contributed by atoms with Crippen LogP contribution >= 0.6 is 11.8 Å². The Morgan fingerprint density at radius 3 is 2.58 bits per heavy atom. The highest BCUT2D eigenvalue weighted by molar-refractivity contribution is 8.18. The molecule has 1 saturated heterocycles. The van der Waals surface area contributed by atoms with Gasteiger partial charge in [-0.25, -0.2) is 4.68 Å². The SMILES string of the molecule is COc1ccc(-c2nn(-c3ccccc3)cc2/C=C2\SC(N3CCC(C(N)=O)CC3)=NC2=O)c(C)c1. The van der Waals surface area contributed by atoms with Crippen molar-refractivity contribution in [3.05, 3.63) is 70.8 Å². The molecule has 0 aliphatic carbocycles. The van der Waals surface area contributed by atoms with Crippen LogP contribution in [0.25, 0.3) is 23.0 Å². The number of aromatic nitrogens is 2. The summed E-state index contributed by atoms with van der Waals surface area (Å²) in [6.07, 6.45) is 5.15. The van der Waals surface area contributed by atoms with Crippen LogP contribution in [0.2, 0.25) is 0 Å². The largest absolute Gasteiger partial charge is 0.497 e. The lowest BCUT2D eigenvalue weighted by Gasteiger charge is -2.31. The molecule has 0 bridgehead atoms. The number of amides is 2. The number of primary amides is 1. The molecule has 0 saturated carbocycles. The van der Waals surface area contributed by atoms with Gasteiger partial charge in [-0.1, -0.05) is 18.2 Å². The van der Waals surface area contributed by atoms with E-state index in [-0.39, 0.29) is 17.7 Å². The first kappa shape index (κ1) is 23.9. The van der Waals surface area contributed by atoms with Crippen molar-refractivity contribution in [1.29, 1.82) is 0 Å². The molecule has 2 aliphatic heterocycles. The molecule has 1 aromatic heterocycles.